The third-order valence-corrected chi connectivity index (χ3v) is 2.07. The van der Waals surface area contributed by atoms with Crippen LogP contribution in [0.2, 0.25) is 0 Å². The van der Waals surface area contributed by atoms with Crippen molar-refractivity contribution < 1.29 is 17.9 Å². The number of ether oxygens (including phenoxy) is 1. The minimum atomic E-state index is -4.39. The van der Waals surface area contributed by atoms with Crippen molar-refractivity contribution in [3.05, 3.63) is 24.3 Å². The van der Waals surface area contributed by atoms with Crippen molar-refractivity contribution in [1.82, 2.24) is 0 Å². The van der Waals surface area contributed by atoms with Crippen LogP contribution >= 0.6 is 15.9 Å². The lowest BCUT2D eigenvalue weighted by molar-refractivity contribution is -0.258. The van der Waals surface area contributed by atoms with E-state index in [1.165, 1.54) is 19.1 Å². The summed E-state index contributed by atoms with van der Waals surface area (Å²) in [7, 11) is 0. The standard InChI is InChI=1S/C9H10BrF3O/c1-7(10)14-8(9(11,12)13)5-3-2-4-6-8/h2-5,7H,6H2,1H3. The van der Waals surface area contributed by atoms with E-state index in [-0.39, 0.29) is 6.42 Å². The molecule has 0 saturated carbocycles. The fourth-order valence-corrected chi connectivity index (χ4v) is 1.59. The van der Waals surface area contributed by atoms with Crippen LogP contribution in [-0.2, 0) is 4.74 Å². The largest absolute Gasteiger partial charge is 0.421 e. The van der Waals surface area contributed by atoms with Gasteiger partial charge >= 0.3 is 6.18 Å². The molecule has 80 valence electrons. The number of hydrogen-bond acceptors (Lipinski definition) is 1. The van der Waals surface area contributed by atoms with E-state index >= 15 is 0 Å². The Kier molecular flexibility index (Phi) is 3.42. The van der Waals surface area contributed by atoms with Gasteiger partial charge in [-0.15, -0.1) is 0 Å². The molecule has 0 N–H and O–H groups in total. The number of allylic oxidation sites excluding steroid dienone is 2. The first-order valence-electron chi connectivity index (χ1n) is 4.10. The summed E-state index contributed by atoms with van der Waals surface area (Å²) in [5.41, 5.74) is -2.18. The molecule has 0 spiro atoms. The molecule has 14 heavy (non-hydrogen) atoms. The van der Waals surface area contributed by atoms with E-state index in [4.69, 9.17) is 4.74 Å². The van der Waals surface area contributed by atoms with Crippen molar-refractivity contribution in [3.63, 3.8) is 0 Å². The van der Waals surface area contributed by atoms with Crippen LogP contribution in [-0.4, -0.2) is 16.8 Å². The zero-order chi connectivity index (χ0) is 10.8. The van der Waals surface area contributed by atoms with Crippen molar-refractivity contribution >= 4 is 15.9 Å². The van der Waals surface area contributed by atoms with Gasteiger partial charge in [-0.05, 0) is 13.0 Å². The molecule has 0 amide bonds. The summed E-state index contributed by atoms with van der Waals surface area (Å²) in [6.45, 7) is 1.51. The molecule has 2 atom stereocenters. The van der Waals surface area contributed by atoms with Gasteiger partial charge in [0.2, 0.25) is 0 Å². The number of rotatable bonds is 2. The van der Waals surface area contributed by atoms with E-state index in [0.29, 0.717) is 0 Å². The van der Waals surface area contributed by atoms with E-state index in [2.05, 4.69) is 15.9 Å². The molecule has 2 unspecified atom stereocenters. The highest BCUT2D eigenvalue weighted by molar-refractivity contribution is 9.09. The zero-order valence-corrected chi connectivity index (χ0v) is 9.10. The Balaban J connectivity index is 2.91. The normalized spacial score (nSPS) is 29.2. The summed E-state index contributed by atoms with van der Waals surface area (Å²) < 4.78 is 43.1. The van der Waals surface area contributed by atoms with Gasteiger partial charge in [0.05, 0.1) is 0 Å². The Morgan fingerprint density at radius 2 is 2.07 bits per heavy atom. The first kappa shape index (κ1) is 11.8. The van der Waals surface area contributed by atoms with Gasteiger partial charge in [0.1, 0.15) is 5.01 Å². The molecule has 1 aliphatic carbocycles. The van der Waals surface area contributed by atoms with Crippen LogP contribution in [0.5, 0.6) is 0 Å². The number of hydrogen-bond donors (Lipinski definition) is 0. The smallest absolute Gasteiger partial charge is 0.347 e. The van der Waals surface area contributed by atoms with Gasteiger partial charge in [-0.2, -0.15) is 13.2 Å². The summed E-state index contributed by atoms with van der Waals surface area (Å²) in [5, 5.41) is -0.639. The highest BCUT2D eigenvalue weighted by atomic mass is 79.9. The summed E-state index contributed by atoms with van der Waals surface area (Å²) in [4.78, 5) is 0. The minimum absolute atomic E-state index is 0.178. The van der Waals surface area contributed by atoms with Crippen LogP contribution in [0.3, 0.4) is 0 Å². The monoisotopic (exact) mass is 270 g/mol. The van der Waals surface area contributed by atoms with Crippen molar-refractivity contribution in [2.75, 3.05) is 0 Å². The third-order valence-electron chi connectivity index (χ3n) is 1.89. The highest BCUT2D eigenvalue weighted by Gasteiger charge is 2.54. The van der Waals surface area contributed by atoms with E-state index in [9.17, 15) is 13.2 Å². The maximum Gasteiger partial charge on any atom is 0.421 e. The maximum absolute atomic E-state index is 12.7. The maximum atomic E-state index is 12.7. The van der Waals surface area contributed by atoms with Crippen molar-refractivity contribution in [2.45, 2.75) is 30.1 Å². The predicted molar refractivity (Wildman–Crippen MR) is 51.2 cm³/mol. The molecule has 0 bridgehead atoms. The molecule has 1 nitrogen and oxygen atoms in total. The van der Waals surface area contributed by atoms with Crippen LogP contribution in [0.25, 0.3) is 0 Å². The Hall–Kier alpha value is -0.290. The molecule has 5 heteroatoms. The fraction of sp³-hybridized carbons (Fsp3) is 0.556. The molecule has 0 aromatic heterocycles. The van der Waals surface area contributed by atoms with Gasteiger partial charge < -0.3 is 4.74 Å². The van der Waals surface area contributed by atoms with Crippen LogP contribution in [0.4, 0.5) is 13.2 Å². The van der Waals surface area contributed by atoms with Crippen molar-refractivity contribution in [1.29, 1.82) is 0 Å². The molecule has 0 heterocycles. The SMILES string of the molecule is CC(Br)OC1(C(F)(F)F)C=CC=CC1. The zero-order valence-electron chi connectivity index (χ0n) is 7.51. The van der Waals surface area contributed by atoms with Gasteiger partial charge in [0.15, 0.2) is 5.60 Å². The summed E-state index contributed by atoms with van der Waals surface area (Å²) in [6.07, 6.45) is 0.853. The van der Waals surface area contributed by atoms with Gasteiger partial charge in [-0.3, -0.25) is 0 Å². The lowest BCUT2D eigenvalue weighted by Crippen LogP contribution is -2.47. The first-order chi connectivity index (χ1) is 6.37. The van der Waals surface area contributed by atoms with Crippen LogP contribution in [0.15, 0.2) is 24.3 Å². The lowest BCUT2D eigenvalue weighted by atomic mass is 9.94. The quantitative estimate of drug-likeness (QED) is 0.698. The second kappa shape index (κ2) is 4.06. The third kappa shape index (κ3) is 2.39. The van der Waals surface area contributed by atoms with E-state index in [1.807, 2.05) is 0 Å². The predicted octanol–water partition coefficient (Wildman–Crippen LogP) is 3.56. The van der Waals surface area contributed by atoms with Crippen LogP contribution in [0, 0.1) is 0 Å². The summed E-state index contributed by atoms with van der Waals surface area (Å²) in [5.74, 6) is 0. The molecule has 1 aliphatic rings. The molecule has 0 fully saturated rings. The molecule has 0 aromatic rings. The molecular weight excluding hydrogens is 261 g/mol. The van der Waals surface area contributed by atoms with Crippen molar-refractivity contribution in [3.8, 4) is 0 Å². The second-order valence-corrected chi connectivity index (χ2v) is 4.33. The van der Waals surface area contributed by atoms with E-state index in [0.717, 1.165) is 6.08 Å². The molecule has 1 rings (SSSR count). The summed E-state index contributed by atoms with van der Waals surface area (Å²) >= 11 is 2.96. The molecular formula is C9H10BrF3O. The molecule has 0 aliphatic heterocycles. The van der Waals surface area contributed by atoms with E-state index < -0.39 is 16.8 Å². The van der Waals surface area contributed by atoms with E-state index in [1.54, 1.807) is 6.08 Å². The minimum Gasteiger partial charge on any atom is -0.347 e. The van der Waals surface area contributed by atoms with Gasteiger partial charge in [-0.1, -0.05) is 34.2 Å². The van der Waals surface area contributed by atoms with Crippen LogP contribution < -0.4 is 0 Å². The lowest BCUT2D eigenvalue weighted by Gasteiger charge is -2.34. The molecule has 0 saturated heterocycles. The highest BCUT2D eigenvalue weighted by Crippen LogP contribution is 2.40. The fourth-order valence-electron chi connectivity index (χ4n) is 1.25. The Morgan fingerprint density at radius 1 is 1.43 bits per heavy atom. The molecule has 0 aromatic carbocycles. The first-order valence-corrected chi connectivity index (χ1v) is 5.02. The van der Waals surface area contributed by atoms with Gasteiger partial charge in [-0.25, -0.2) is 0 Å². The number of halogens is 4. The second-order valence-electron chi connectivity index (χ2n) is 3.04. The summed E-state index contributed by atoms with van der Waals surface area (Å²) in [6, 6.07) is 0. The van der Waals surface area contributed by atoms with Gasteiger partial charge in [0.25, 0.3) is 0 Å². The van der Waals surface area contributed by atoms with Crippen molar-refractivity contribution in [2.24, 2.45) is 0 Å². The topological polar surface area (TPSA) is 9.23 Å². The number of alkyl halides is 4. The average Bonchev–Trinajstić information content (AvgIpc) is 2.02. The Morgan fingerprint density at radius 3 is 2.43 bits per heavy atom. The van der Waals surface area contributed by atoms with Crippen LogP contribution in [0.1, 0.15) is 13.3 Å². The average molecular weight is 271 g/mol. The Labute approximate surface area is 88.8 Å². The Bertz CT molecular complexity index is 257. The van der Waals surface area contributed by atoms with Gasteiger partial charge in [0, 0.05) is 6.42 Å². The molecule has 0 radical (unpaired) electrons.